The molecule has 0 radical (unpaired) electrons. The van der Waals surface area contributed by atoms with Gasteiger partial charge in [-0.15, -0.1) is 0 Å². The van der Waals surface area contributed by atoms with Crippen molar-refractivity contribution in [3.63, 3.8) is 0 Å². The summed E-state index contributed by atoms with van der Waals surface area (Å²) in [6.45, 7) is 0. The van der Waals surface area contributed by atoms with Crippen molar-refractivity contribution in [2.24, 2.45) is 5.92 Å². The average Bonchev–Trinajstić information content (AvgIpc) is 3.26. The molecule has 1 aromatic heterocycles. The molecule has 0 aliphatic heterocycles. The summed E-state index contributed by atoms with van der Waals surface area (Å²) in [5.74, 6) is -1.98. The van der Waals surface area contributed by atoms with E-state index in [0.717, 1.165) is 23.0 Å². The Labute approximate surface area is 189 Å². The smallest absolute Gasteiger partial charge is 0.313 e. The number of nitrogens with one attached hydrogen (secondary N) is 1. The Hall–Kier alpha value is -4.32. The molecule has 2 aromatic carbocycles. The van der Waals surface area contributed by atoms with Gasteiger partial charge < -0.3 is 10.1 Å². The molecule has 0 aliphatic carbocycles. The van der Waals surface area contributed by atoms with Crippen LogP contribution in [0.1, 0.15) is 22.3 Å². The fourth-order valence-electron chi connectivity index (χ4n) is 2.59. The first-order valence-corrected chi connectivity index (χ1v) is 10.4. The molecular formula is C24H18N4O3S. The van der Waals surface area contributed by atoms with Crippen molar-refractivity contribution in [1.82, 2.24) is 4.98 Å². The number of aromatic nitrogens is 1. The number of carboxylic acids is 1. The number of nitrogens with zero attached hydrogens (tertiary/aromatic N) is 3. The zero-order valence-electron chi connectivity index (χ0n) is 16.9. The second-order valence-electron chi connectivity index (χ2n) is 6.39. The quantitative estimate of drug-likeness (QED) is 0.400. The first-order valence-electron chi connectivity index (χ1n) is 9.39. The summed E-state index contributed by atoms with van der Waals surface area (Å²) in [7, 11) is 0. The first kappa shape index (κ1) is 24.0. The van der Waals surface area contributed by atoms with Crippen LogP contribution < -0.4 is 0 Å². The highest BCUT2D eigenvalue weighted by molar-refractivity contribution is 7.99. The molecule has 0 spiro atoms. The number of nitriles is 3. The molecule has 3 aromatic rings. The summed E-state index contributed by atoms with van der Waals surface area (Å²) in [6, 6.07) is 25.6. The predicted molar refractivity (Wildman–Crippen MR) is 119 cm³/mol. The highest BCUT2D eigenvalue weighted by Gasteiger charge is 2.13. The van der Waals surface area contributed by atoms with Gasteiger partial charge in [0.25, 0.3) is 0 Å². The number of H-pyrrole nitrogens is 1. The highest BCUT2D eigenvalue weighted by Crippen LogP contribution is 2.27. The highest BCUT2D eigenvalue weighted by atomic mass is 32.2. The van der Waals surface area contributed by atoms with Crippen molar-refractivity contribution >= 4 is 23.5 Å². The molecule has 0 amide bonds. The molecule has 3 rings (SSSR count). The van der Waals surface area contributed by atoms with Crippen molar-refractivity contribution in [2.45, 2.75) is 11.4 Å². The predicted octanol–water partition coefficient (Wildman–Crippen LogP) is 4.65. The third kappa shape index (κ3) is 7.18. The van der Waals surface area contributed by atoms with E-state index in [1.165, 1.54) is 0 Å². The molecule has 0 fully saturated rings. The second kappa shape index (κ2) is 12.4. The number of benzene rings is 2. The van der Waals surface area contributed by atoms with Gasteiger partial charge in [0.1, 0.15) is 12.0 Å². The summed E-state index contributed by atoms with van der Waals surface area (Å²) in [5, 5.41) is 35.2. The van der Waals surface area contributed by atoms with E-state index in [2.05, 4.69) is 11.1 Å². The third-order valence-electron chi connectivity index (χ3n) is 4.12. The minimum absolute atomic E-state index is 0.0307. The van der Waals surface area contributed by atoms with Crippen LogP contribution >= 0.6 is 11.8 Å². The van der Waals surface area contributed by atoms with Gasteiger partial charge in [-0.2, -0.15) is 15.8 Å². The molecule has 0 aliphatic rings. The van der Waals surface area contributed by atoms with Gasteiger partial charge in [0.15, 0.2) is 5.78 Å². The zero-order valence-corrected chi connectivity index (χ0v) is 17.7. The molecule has 2 N–H and O–H groups in total. The molecule has 1 heterocycles. The van der Waals surface area contributed by atoms with E-state index in [0.29, 0.717) is 16.2 Å². The van der Waals surface area contributed by atoms with E-state index in [1.54, 1.807) is 42.5 Å². The van der Waals surface area contributed by atoms with E-state index in [-0.39, 0.29) is 18.0 Å². The minimum Gasteiger partial charge on any atom is -0.481 e. The van der Waals surface area contributed by atoms with Gasteiger partial charge in [0.05, 0.1) is 28.5 Å². The summed E-state index contributed by atoms with van der Waals surface area (Å²) in [4.78, 5) is 25.1. The summed E-state index contributed by atoms with van der Waals surface area (Å²) in [6.07, 6.45) is -0.0307. The minimum atomic E-state index is -0.903. The number of hydrogen-bond donors (Lipinski definition) is 2. The van der Waals surface area contributed by atoms with Crippen LogP contribution in [0.5, 0.6) is 0 Å². The normalized spacial score (nSPS) is 9.56. The summed E-state index contributed by atoms with van der Waals surface area (Å²) < 4.78 is 0. The zero-order chi connectivity index (χ0) is 23.3. The van der Waals surface area contributed by atoms with Crippen molar-refractivity contribution in [3.05, 3.63) is 77.9 Å². The summed E-state index contributed by atoms with van der Waals surface area (Å²) >= 11 is 1.12. The van der Waals surface area contributed by atoms with Gasteiger partial charge in [-0.25, -0.2) is 0 Å². The first-order chi connectivity index (χ1) is 15.5. The Morgan fingerprint density at radius 3 is 2.09 bits per heavy atom. The molecule has 0 bridgehead atoms. The molecule has 7 nitrogen and oxygen atoms in total. The van der Waals surface area contributed by atoms with Gasteiger partial charge in [0.2, 0.25) is 0 Å². The number of aromatic amines is 1. The van der Waals surface area contributed by atoms with Gasteiger partial charge in [-0.1, -0.05) is 72.4 Å². The number of thioether (sulfide) groups is 1. The second-order valence-corrected chi connectivity index (χ2v) is 7.38. The largest absolute Gasteiger partial charge is 0.481 e. The molecule has 0 saturated heterocycles. The third-order valence-corrected chi connectivity index (χ3v) is 5.13. The molecule has 8 heteroatoms. The SMILES string of the molecule is N#CC(C#N)CC(=O)c1ccccc1.N#Cc1cc(-c2ccccc2)[nH]c1SCC(=O)O. The Bertz CT molecular complexity index is 1170. The molecule has 0 saturated carbocycles. The van der Waals surface area contributed by atoms with Crippen LogP contribution in [0.2, 0.25) is 0 Å². The van der Waals surface area contributed by atoms with Crippen LogP contribution in [0.4, 0.5) is 0 Å². The maximum Gasteiger partial charge on any atom is 0.313 e. The molecule has 32 heavy (non-hydrogen) atoms. The Balaban J connectivity index is 0.000000235. The number of hydrogen-bond acceptors (Lipinski definition) is 6. The lowest BCUT2D eigenvalue weighted by Gasteiger charge is -1.99. The average molecular weight is 443 g/mol. The number of rotatable bonds is 7. The topological polar surface area (TPSA) is 142 Å². The number of carbonyl (C=O) groups excluding carboxylic acids is 1. The van der Waals surface area contributed by atoms with E-state index in [4.69, 9.17) is 20.9 Å². The van der Waals surface area contributed by atoms with Gasteiger partial charge in [0, 0.05) is 17.7 Å². The lowest BCUT2D eigenvalue weighted by atomic mass is 10.0. The van der Waals surface area contributed by atoms with Gasteiger partial charge >= 0.3 is 5.97 Å². The van der Waals surface area contributed by atoms with Crippen LogP contribution in [-0.2, 0) is 4.79 Å². The van der Waals surface area contributed by atoms with E-state index < -0.39 is 11.9 Å². The number of Topliss-reactive ketones (excluding diaryl/α,β-unsaturated/α-hetero) is 1. The number of aliphatic carboxylic acids is 1. The van der Waals surface area contributed by atoms with Gasteiger partial charge in [-0.05, 0) is 11.6 Å². The van der Waals surface area contributed by atoms with E-state index in [1.807, 2.05) is 36.4 Å². The maximum atomic E-state index is 11.5. The molecule has 0 unspecified atom stereocenters. The Morgan fingerprint density at radius 2 is 1.56 bits per heavy atom. The summed E-state index contributed by atoms with van der Waals surface area (Å²) in [5.41, 5.74) is 2.80. The van der Waals surface area contributed by atoms with Crippen molar-refractivity contribution < 1.29 is 14.7 Å². The van der Waals surface area contributed by atoms with Crippen LogP contribution in [0, 0.1) is 39.9 Å². The number of carbonyl (C=O) groups is 2. The van der Waals surface area contributed by atoms with Crippen LogP contribution in [-0.4, -0.2) is 27.6 Å². The Morgan fingerprint density at radius 1 is 0.969 bits per heavy atom. The lowest BCUT2D eigenvalue weighted by molar-refractivity contribution is -0.133. The Kier molecular flexibility index (Phi) is 9.28. The van der Waals surface area contributed by atoms with Crippen LogP contribution in [0.3, 0.4) is 0 Å². The standard InChI is InChI=1S/C13H10N2O2S.C11H8N2O/c14-7-10-6-11(9-4-2-1-3-5-9)15-13(10)18-8-12(16)17;12-7-9(8-13)6-11(14)10-4-2-1-3-5-10/h1-6,15H,8H2,(H,16,17);1-5,9H,6H2. The fourth-order valence-corrected chi connectivity index (χ4v) is 3.30. The lowest BCUT2D eigenvalue weighted by Crippen LogP contribution is -2.05. The van der Waals surface area contributed by atoms with E-state index in [9.17, 15) is 9.59 Å². The van der Waals surface area contributed by atoms with Crippen molar-refractivity contribution in [1.29, 1.82) is 15.8 Å². The van der Waals surface area contributed by atoms with Gasteiger partial charge in [-0.3, -0.25) is 9.59 Å². The molecule has 0 atom stereocenters. The number of ketones is 1. The van der Waals surface area contributed by atoms with Crippen LogP contribution in [0.25, 0.3) is 11.3 Å². The van der Waals surface area contributed by atoms with Crippen molar-refractivity contribution in [3.8, 4) is 29.5 Å². The van der Waals surface area contributed by atoms with Crippen molar-refractivity contribution in [2.75, 3.05) is 5.75 Å². The monoisotopic (exact) mass is 442 g/mol. The maximum absolute atomic E-state index is 11.5. The fraction of sp³-hybridized carbons (Fsp3) is 0.125. The van der Waals surface area contributed by atoms with E-state index >= 15 is 0 Å². The number of carboxylic acid groups (broad SMARTS) is 1. The van der Waals surface area contributed by atoms with Crippen LogP contribution in [0.15, 0.2) is 71.8 Å². The molecule has 158 valence electrons. The molecular weight excluding hydrogens is 424 g/mol.